The number of alkyl halides is 1. The van der Waals surface area contributed by atoms with Gasteiger partial charge in [0.2, 0.25) is 0 Å². The second-order valence-corrected chi connectivity index (χ2v) is 3.00. The van der Waals surface area contributed by atoms with Gasteiger partial charge in [0, 0.05) is 0 Å². The first-order chi connectivity index (χ1) is 3.63. The van der Waals surface area contributed by atoms with Gasteiger partial charge in [-0.3, -0.25) is 4.79 Å². The molecule has 0 aliphatic heterocycles. The second-order valence-electron chi connectivity index (χ2n) is 2.17. The van der Waals surface area contributed by atoms with E-state index in [0.29, 0.717) is 6.42 Å². The molecule has 1 rings (SSSR count). The van der Waals surface area contributed by atoms with Crippen LogP contribution < -0.4 is 0 Å². The smallest absolute Gasteiger partial charge is 0.176 e. The van der Waals surface area contributed by atoms with Crippen LogP contribution in [0.4, 0.5) is 0 Å². The highest BCUT2D eigenvalue weighted by molar-refractivity contribution is 6.37. The summed E-state index contributed by atoms with van der Waals surface area (Å²) in [6.07, 6.45) is 4.01. The van der Waals surface area contributed by atoms with Crippen LogP contribution in [0.3, 0.4) is 0 Å². The minimum absolute atomic E-state index is 0.0270. The summed E-state index contributed by atoms with van der Waals surface area (Å²) in [5.74, 6) is 0.0270. The fraction of sp³-hybridized carbons (Fsp3) is 0.500. The van der Waals surface area contributed by atoms with Gasteiger partial charge in [-0.05, 0) is 19.4 Å². The van der Waals surface area contributed by atoms with E-state index >= 15 is 0 Å². The van der Waals surface area contributed by atoms with Gasteiger partial charge >= 0.3 is 0 Å². The minimum atomic E-state index is -0.625. The third-order valence-corrected chi connectivity index (χ3v) is 1.62. The molecule has 0 heterocycles. The zero-order valence-electron chi connectivity index (χ0n) is 4.65. The summed E-state index contributed by atoms with van der Waals surface area (Å²) in [7, 11) is 0. The van der Waals surface area contributed by atoms with Crippen LogP contribution >= 0.6 is 11.6 Å². The Bertz CT molecular complexity index is 147. The molecule has 0 aromatic heterocycles. The molecule has 0 fully saturated rings. The Hall–Kier alpha value is -0.300. The first-order valence-corrected chi connectivity index (χ1v) is 2.90. The molecule has 8 heavy (non-hydrogen) atoms. The fourth-order valence-corrected chi connectivity index (χ4v) is 0.814. The lowest BCUT2D eigenvalue weighted by molar-refractivity contribution is -0.115. The van der Waals surface area contributed by atoms with Gasteiger partial charge in [0.05, 0.1) is 0 Å². The molecule has 0 amide bonds. The average Bonchev–Trinajstić information content (AvgIpc) is 1.86. The zero-order chi connectivity index (χ0) is 6.20. The van der Waals surface area contributed by atoms with Gasteiger partial charge in [-0.2, -0.15) is 0 Å². The van der Waals surface area contributed by atoms with Gasteiger partial charge < -0.3 is 0 Å². The van der Waals surface area contributed by atoms with Crippen LogP contribution in [0.15, 0.2) is 12.2 Å². The van der Waals surface area contributed by atoms with Crippen molar-refractivity contribution in [2.45, 2.75) is 18.2 Å². The third-order valence-electron chi connectivity index (χ3n) is 1.28. The maximum absolute atomic E-state index is 10.7. The van der Waals surface area contributed by atoms with Gasteiger partial charge in [-0.1, -0.05) is 6.08 Å². The van der Waals surface area contributed by atoms with Crippen molar-refractivity contribution in [2.24, 2.45) is 0 Å². The summed E-state index contributed by atoms with van der Waals surface area (Å²) in [4.78, 5) is 10.1. The molecule has 0 spiro atoms. The monoisotopic (exact) mass is 130 g/mol. The van der Waals surface area contributed by atoms with Crippen molar-refractivity contribution >= 4 is 17.4 Å². The van der Waals surface area contributed by atoms with E-state index < -0.39 is 4.87 Å². The summed E-state index contributed by atoms with van der Waals surface area (Å²) in [6, 6.07) is 0. The van der Waals surface area contributed by atoms with Gasteiger partial charge in [0.15, 0.2) is 5.78 Å². The summed E-state index contributed by atoms with van der Waals surface area (Å²) in [5, 5.41) is 0. The van der Waals surface area contributed by atoms with Crippen LogP contribution in [0, 0.1) is 0 Å². The van der Waals surface area contributed by atoms with Crippen LogP contribution in [0.2, 0.25) is 0 Å². The molecule has 1 atom stereocenters. The molecule has 0 aromatic rings. The lowest BCUT2D eigenvalue weighted by Gasteiger charge is -2.09. The lowest BCUT2D eigenvalue weighted by Crippen LogP contribution is -2.21. The number of rotatable bonds is 0. The molecule has 0 bridgehead atoms. The van der Waals surface area contributed by atoms with Crippen molar-refractivity contribution in [3.8, 4) is 0 Å². The van der Waals surface area contributed by atoms with Crippen molar-refractivity contribution in [1.82, 2.24) is 0 Å². The molecule has 1 nitrogen and oxygen atoms in total. The Morgan fingerprint density at radius 3 is 2.62 bits per heavy atom. The Morgan fingerprint density at radius 2 is 2.50 bits per heavy atom. The molecule has 1 aliphatic carbocycles. The van der Waals surface area contributed by atoms with Crippen molar-refractivity contribution < 1.29 is 4.79 Å². The molecule has 0 saturated carbocycles. The Morgan fingerprint density at radius 1 is 1.88 bits per heavy atom. The number of halogens is 1. The van der Waals surface area contributed by atoms with Crippen LogP contribution in [0.25, 0.3) is 0 Å². The molecule has 1 aliphatic rings. The highest BCUT2D eigenvalue weighted by Crippen LogP contribution is 2.26. The molecule has 44 valence electrons. The number of allylic oxidation sites excluding steroid dienone is 2. The highest BCUT2D eigenvalue weighted by Gasteiger charge is 2.30. The topological polar surface area (TPSA) is 17.1 Å². The van der Waals surface area contributed by atoms with Crippen molar-refractivity contribution in [1.29, 1.82) is 0 Å². The van der Waals surface area contributed by atoms with Crippen LogP contribution in [0.5, 0.6) is 0 Å². The van der Waals surface area contributed by atoms with Crippen molar-refractivity contribution in [3.05, 3.63) is 12.2 Å². The molecular formula is C6H7ClO. The van der Waals surface area contributed by atoms with Gasteiger partial charge in [0.1, 0.15) is 4.87 Å². The van der Waals surface area contributed by atoms with Crippen LogP contribution in [0.1, 0.15) is 13.3 Å². The summed E-state index contributed by atoms with van der Waals surface area (Å²) in [5.41, 5.74) is 0. The number of carbonyl (C=O) groups excluding carboxylic acids is 1. The number of ketones is 1. The van der Waals surface area contributed by atoms with E-state index in [0.717, 1.165) is 0 Å². The second kappa shape index (κ2) is 1.59. The van der Waals surface area contributed by atoms with E-state index in [1.54, 1.807) is 13.0 Å². The number of hydrogen-bond donors (Lipinski definition) is 0. The average molecular weight is 131 g/mol. The molecule has 0 aromatic carbocycles. The highest BCUT2D eigenvalue weighted by atomic mass is 35.5. The largest absolute Gasteiger partial charge is 0.293 e. The SMILES string of the molecule is C[C@@]1(Cl)CC=CC1=O. The summed E-state index contributed by atoms with van der Waals surface area (Å²) >= 11 is 5.71. The molecule has 2 heteroatoms. The first kappa shape index (κ1) is 5.83. The van der Waals surface area contributed by atoms with E-state index in [1.807, 2.05) is 0 Å². The predicted molar refractivity (Wildman–Crippen MR) is 33.0 cm³/mol. The molecule has 0 N–H and O–H groups in total. The quantitative estimate of drug-likeness (QED) is 0.455. The fourth-order valence-electron chi connectivity index (χ4n) is 0.662. The Labute approximate surface area is 53.3 Å². The van der Waals surface area contributed by atoms with E-state index in [2.05, 4.69) is 0 Å². The maximum atomic E-state index is 10.7. The van der Waals surface area contributed by atoms with E-state index in [4.69, 9.17) is 11.6 Å². The first-order valence-electron chi connectivity index (χ1n) is 2.53. The van der Waals surface area contributed by atoms with Crippen LogP contribution in [-0.2, 0) is 4.79 Å². The van der Waals surface area contributed by atoms with Gasteiger partial charge in [-0.25, -0.2) is 0 Å². The molecule has 0 unspecified atom stereocenters. The zero-order valence-corrected chi connectivity index (χ0v) is 5.40. The molecule has 0 radical (unpaired) electrons. The molecular weight excluding hydrogens is 124 g/mol. The Balaban J connectivity index is 2.79. The number of hydrogen-bond acceptors (Lipinski definition) is 1. The number of carbonyl (C=O) groups is 1. The maximum Gasteiger partial charge on any atom is 0.176 e. The Kier molecular flexibility index (Phi) is 1.16. The van der Waals surface area contributed by atoms with Gasteiger partial charge in [-0.15, -0.1) is 11.6 Å². The predicted octanol–water partition coefficient (Wildman–Crippen LogP) is 1.51. The van der Waals surface area contributed by atoms with Crippen molar-refractivity contribution in [2.75, 3.05) is 0 Å². The lowest BCUT2D eigenvalue weighted by atomic mass is 10.1. The minimum Gasteiger partial charge on any atom is -0.293 e. The van der Waals surface area contributed by atoms with Crippen molar-refractivity contribution in [3.63, 3.8) is 0 Å². The normalized spacial score (nSPS) is 36.5. The summed E-state index contributed by atoms with van der Waals surface area (Å²) < 4.78 is 0. The third kappa shape index (κ3) is 0.781. The summed E-state index contributed by atoms with van der Waals surface area (Å²) in [6.45, 7) is 1.73. The van der Waals surface area contributed by atoms with Crippen LogP contribution in [-0.4, -0.2) is 10.7 Å². The standard InChI is InChI=1S/C6H7ClO/c1-6(7)4-2-3-5(6)8/h2-3H,4H2,1H3/t6-/m1/s1. The van der Waals surface area contributed by atoms with E-state index in [1.165, 1.54) is 6.08 Å². The molecule has 0 saturated heterocycles. The van der Waals surface area contributed by atoms with Gasteiger partial charge in [0.25, 0.3) is 0 Å². The van der Waals surface area contributed by atoms with E-state index in [9.17, 15) is 4.79 Å². The van der Waals surface area contributed by atoms with E-state index in [-0.39, 0.29) is 5.78 Å².